The minimum atomic E-state index is -3.52. The third kappa shape index (κ3) is 6.19. The Morgan fingerprint density at radius 2 is 1.74 bits per heavy atom. The van der Waals surface area contributed by atoms with E-state index in [-0.39, 0.29) is 31.7 Å². The minimum Gasteiger partial charge on any atom is -0.351 e. The molecule has 9 heteroatoms. The Morgan fingerprint density at radius 3 is 2.32 bits per heavy atom. The SMILES string of the molecule is CCOP(=O)(CC(=O)NCC1=C(C)C(=Cc2ccc(S(C)=O)cc2)c2ccc(F)cc21)OCC. The first-order chi connectivity index (χ1) is 16.2. The lowest BCUT2D eigenvalue weighted by molar-refractivity contribution is -0.118. The van der Waals surface area contributed by atoms with Gasteiger partial charge in [-0.2, -0.15) is 0 Å². The van der Waals surface area contributed by atoms with E-state index >= 15 is 0 Å². The van der Waals surface area contributed by atoms with Crippen LogP contribution in [0.2, 0.25) is 0 Å². The monoisotopic (exact) mass is 505 g/mol. The smallest absolute Gasteiger partial charge is 0.340 e. The number of carbonyl (C=O) groups excluding carboxylic acids is 1. The molecule has 3 rings (SSSR count). The largest absolute Gasteiger partial charge is 0.351 e. The fourth-order valence-corrected chi connectivity index (χ4v) is 5.87. The molecule has 1 N–H and O–H groups in total. The summed E-state index contributed by atoms with van der Waals surface area (Å²) in [5, 5.41) is 2.78. The number of amides is 1. The first kappa shape index (κ1) is 26.2. The summed E-state index contributed by atoms with van der Waals surface area (Å²) in [6.45, 7) is 5.78. The number of carbonyl (C=O) groups is 1. The Labute approximate surface area is 202 Å². The van der Waals surface area contributed by atoms with Crippen LogP contribution in [0.1, 0.15) is 37.5 Å². The van der Waals surface area contributed by atoms with Crippen LogP contribution in [-0.2, 0) is 29.2 Å². The Morgan fingerprint density at radius 1 is 1.09 bits per heavy atom. The van der Waals surface area contributed by atoms with Gasteiger partial charge in [-0.1, -0.05) is 18.2 Å². The van der Waals surface area contributed by atoms with E-state index in [1.807, 2.05) is 37.3 Å². The van der Waals surface area contributed by atoms with Gasteiger partial charge in [-0.25, -0.2) is 4.39 Å². The highest BCUT2D eigenvalue weighted by molar-refractivity contribution is 7.84. The van der Waals surface area contributed by atoms with Crippen molar-refractivity contribution in [1.29, 1.82) is 0 Å². The van der Waals surface area contributed by atoms with Gasteiger partial charge in [0.25, 0.3) is 0 Å². The van der Waals surface area contributed by atoms with Crippen LogP contribution in [0, 0.1) is 5.82 Å². The van der Waals surface area contributed by atoms with Gasteiger partial charge in [0, 0.05) is 28.5 Å². The molecule has 0 radical (unpaired) electrons. The highest BCUT2D eigenvalue weighted by Gasteiger charge is 2.29. The van der Waals surface area contributed by atoms with E-state index in [1.54, 1.807) is 26.2 Å². The summed E-state index contributed by atoms with van der Waals surface area (Å²) in [6.07, 6.45) is 3.23. The number of allylic oxidation sites excluding steroid dienone is 2. The molecule has 34 heavy (non-hydrogen) atoms. The molecule has 1 amide bonds. The lowest BCUT2D eigenvalue weighted by Gasteiger charge is -2.17. The van der Waals surface area contributed by atoms with Crippen molar-refractivity contribution in [3.8, 4) is 0 Å². The zero-order valence-corrected chi connectivity index (χ0v) is 21.4. The summed E-state index contributed by atoms with van der Waals surface area (Å²) in [5.41, 5.74) is 5.08. The standard InChI is InChI=1S/C25H29FNO5PS/c1-5-31-33(29,32-6-2)16-25(28)27-15-24-17(3)22(21-12-9-19(26)14-23(21)24)13-18-7-10-20(11-8-18)34(4)30/h7-14H,5-6,15-16H2,1-4H3,(H,27,28). The molecule has 0 fully saturated rings. The van der Waals surface area contributed by atoms with Crippen LogP contribution in [0.5, 0.6) is 0 Å². The molecule has 2 aromatic carbocycles. The van der Waals surface area contributed by atoms with Crippen molar-refractivity contribution >= 4 is 41.5 Å². The van der Waals surface area contributed by atoms with Gasteiger partial charge >= 0.3 is 7.60 Å². The fraction of sp³-hybridized carbons (Fsp3) is 0.320. The zero-order chi connectivity index (χ0) is 24.9. The topological polar surface area (TPSA) is 81.7 Å². The number of benzene rings is 2. The quantitative estimate of drug-likeness (QED) is 0.445. The van der Waals surface area contributed by atoms with Crippen molar-refractivity contribution in [2.24, 2.45) is 0 Å². The van der Waals surface area contributed by atoms with Gasteiger partial charge in [-0.3, -0.25) is 13.6 Å². The fourth-order valence-electron chi connectivity index (χ4n) is 3.84. The maximum absolute atomic E-state index is 14.1. The van der Waals surface area contributed by atoms with E-state index < -0.39 is 24.3 Å². The van der Waals surface area contributed by atoms with Crippen molar-refractivity contribution in [3.05, 3.63) is 70.5 Å². The number of hydrogen-bond acceptors (Lipinski definition) is 5. The van der Waals surface area contributed by atoms with Crippen molar-refractivity contribution in [1.82, 2.24) is 5.32 Å². The number of nitrogens with one attached hydrogen (secondary N) is 1. The highest BCUT2D eigenvalue weighted by atomic mass is 32.2. The molecule has 0 aliphatic heterocycles. The molecule has 0 heterocycles. The Kier molecular flexibility index (Phi) is 8.77. The average molecular weight is 506 g/mol. The molecular formula is C25H29FNO5PS. The van der Waals surface area contributed by atoms with Crippen molar-refractivity contribution in [3.63, 3.8) is 0 Å². The molecule has 0 aromatic heterocycles. The summed E-state index contributed by atoms with van der Waals surface area (Å²) in [4.78, 5) is 13.3. The van der Waals surface area contributed by atoms with E-state index in [2.05, 4.69) is 5.32 Å². The maximum atomic E-state index is 14.1. The minimum absolute atomic E-state index is 0.143. The van der Waals surface area contributed by atoms with Crippen molar-refractivity contribution in [2.75, 3.05) is 32.2 Å². The summed E-state index contributed by atoms with van der Waals surface area (Å²) in [5.74, 6) is -0.840. The van der Waals surface area contributed by atoms with E-state index in [4.69, 9.17) is 9.05 Å². The Balaban J connectivity index is 1.87. The van der Waals surface area contributed by atoms with Crippen molar-refractivity contribution < 1.29 is 27.0 Å². The number of halogens is 1. The number of rotatable bonds is 10. The zero-order valence-electron chi connectivity index (χ0n) is 19.7. The molecule has 0 saturated carbocycles. The molecule has 1 aliphatic carbocycles. The van der Waals surface area contributed by atoms with E-state index in [1.165, 1.54) is 12.1 Å². The molecule has 0 saturated heterocycles. The molecule has 1 aliphatic rings. The summed E-state index contributed by atoms with van der Waals surface area (Å²) in [7, 11) is -4.58. The third-order valence-corrected chi connectivity index (χ3v) is 8.34. The highest BCUT2D eigenvalue weighted by Crippen LogP contribution is 2.47. The Hall–Kier alpha value is -2.38. The van der Waals surface area contributed by atoms with Gasteiger partial charge in [0.1, 0.15) is 12.0 Å². The maximum Gasteiger partial charge on any atom is 0.340 e. The third-order valence-electron chi connectivity index (χ3n) is 5.43. The van der Waals surface area contributed by atoms with Crippen molar-refractivity contribution in [2.45, 2.75) is 25.7 Å². The second-order valence-electron chi connectivity index (χ2n) is 7.76. The number of hydrogen-bond donors (Lipinski definition) is 1. The van der Waals surface area contributed by atoms with Crippen LogP contribution < -0.4 is 5.32 Å². The second kappa shape index (κ2) is 11.4. The van der Waals surface area contributed by atoms with Gasteiger partial charge in [0.2, 0.25) is 5.91 Å². The molecule has 2 aromatic rings. The molecule has 1 unspecified atom stereocenters. The molecule has 182 valence electrons. The molecule has 0 bridgehead atoms. The number of fused-ring (bicyclic) bond motifs is 1. The van der Waals surface area contributed by atoms with Gasteiger partial charge in [0.15, 0.2) is 0 Å². The van der Waals surface area contributed by atoms with Gasteiger partial charge in [0.05, 0.1) is 13.2 Å². The summed E-state index contributed by atoms with van der Waals surface area (Å²) in [6, 6.07) is 12.0. The summed E-state index contributed by atoms with van der Waals surface area (Å²) < 4.78 is 48.8. The normalized spacial score (nSPS) is 15.5. The second-order valence-corrected chi connectivity index (χ2v) is 11.2. The lowest BCUT2D eigenvalue weighted by Crippen LogP contribution is -2.28. The molecular weight excluding hydrogens is 476 g/mol. The van der Waals surface area contributed by atoms with Crippen LogP contribution in [-0.4, -0.2) is 42.3 Å². The lowest BCUT2D eigenvalue weighted by atomic mass is 10.0. The average Bonchev–Trinajstić information content (AvgIpc) is 3.03. The van der Waals surface area contributed by atoms with Crippen LogP contribution in [0.4, 0.5) is 4.39 Å². The van der Waals surface area contributed by atoms with E-state index in [0.29, 0.717) is 5.56 Å². The first-order valence-corrected chi connectivity index (χ1v) is 14.3. The van der Waals surface area contributed by atoms with Gasteiger partial charge < -0.3 is 14.4 Å². The van der Waals surface area contributed by atoms with Gasteiger partial charge in [-0.15, -0.1) is 0 Å². The van der Waals surface area contributed by atoms with E-state index in [0.717, 1.165) is 32.7 Å². The predicted molar refractivity (Wildman–Crippen MR) is 134 cm³/mol. The summed E-state index contributed by atoms with van der Waals surface area (Å²) >= 11 is 0. The first-order valence-electron chi connectivity index (χ1n) is 11.0. The van der Waals surface area contributed by atoms with Crippen LogP contribution in [0.3, 0.4) is 0 Å². The van der Waals surface area contributed by atoms with E-state index in [9.17, 15) is 18.0 Å². The van der Waals surface area contributed by atoms with Crippen LogP contribution in [0.15, 0.2) is 52.9 Å². The Bertz CT molecular complexity index is 1200. The molecule has 1 atom stereocenters. The van der Waals surface area contributed by atoms with Crippen LogP contribution >= 0.6 is 7.60 Å². The van der Waals surface area contributed by atoms with Crippen LogP contribution in [0.25, 0.3) is 17.2 Å². The predicted octanol–water partition coefficient (Wildman–Crippen LogP) is 5.27. The molecule has 0 spiro atoms. The molecule has 6 nitrogen and oxygen atoms in total. The van der Waals surface area contributed by atoms with Gasteiger partial charge in [-0.05, 0) is 84.5 Å².